The van der Waals surface area contributed by atoms with Crippen LogP contribution in [-0.4, -0.2) is 22.9 Å². The van der Waals surface area contributed by atoms with Crippen molar-refractivity contribution in [2.24, 2.45) is 0 Å². The lowest BCUT2D eigenvalue weighted by molar-refractivity contribution is -0.144. The molecule has 0 spiro atoms. The van der Waals surface area contributed by atoms with Crippen molar-refractivity contribution in [2.45, 2.75) is 39.2 Å². The molecule has 0 radical (unpaired) electrons. The van der Waals surface area contributed by atoms with E-state index in [9.17, 15) is 4.79 Å². The van der Waals surface area contributed by atoms with Crippen LogP contribution in [0.4, 0.5) is 5.82 Å². The largest absolute Gasteiger partial charge is 0.467 e. The number of carbonyl (C=O) groups excluding carboxylic acids is 1. The van der Waals surface area contributed by atoms with Gasteiger partial charge in [-0.15, -0.1) is 0 Å². The van der Waals surface area contributed by atoms with Crippen LogP contribution in [0.2, 0.25) is 0 Å². The minimum absolute atomic E-state index is 0.0881. The zero-order valence-corrected chi connectivity index (χ0v) is 10.4. The molecule has 2 N–H and O–H groups in total. The molecule has 1 aromatic heterocycles. The molecular formula is C11H19N3O2. The Kier molecular flexibility index (Phi) is 3.26. The Morgan fingerprint density at radius 1 is 1.56 bits per heavy atom. The van der Waals surface area contributed by atoms with Gasteiger partial charge in [-0.2, -0.15) is 5.10 Å². The van der Waals surface area contributed by atoms with E-state index in [2.05, 4.69) is 9.84 Å². The highest BCUT2D eigenvalue weighted by Gasteiger charge is 2.23. The molecule has 0 unspecified atom stereocenters. The first kappa shape index (κ1) is 12.5. The third-order valence-corrected chi connectivity index (χ3v) is 2.44. The fraction of sp³-hybridized carbons (Fsp3) is 0.636. The average Bonchev–Trinajstić information content (AvgIpc) is 2.57. The van der Waals surface area contributed by atoms with Crippen LogP contribution >= 0.6 is 0 Å². The van der Waals surface area contributed by atoms with Gasteiger partial charge in [-0.3, -0.25) is 0 Å². The van der Waals surface area contributed by atoms with Crippen molar-refractivity contribution in [1.82, 2.24) is 9.78 Å². The summed E-state index contributed by atoms with van der Waals surface area (Å²) in [6.07, 6.45) is 0. The van der Waals surface area contributed by atoms with Crippen molar-refractivity contribution >= 4 is 11.8 Å². The lowest BCUT2D eigenvalue weighted by Gasteiger charge is -2.15. The first-order valence-corrected chi connectivity index (χ1v) is 5.20. The molecule has 1 heterocycles. The maximum Gasteiger partial charge on any atom is 0.330 e. The Morgan fingerprint density at radius 3 is 2.50 bits per heavy atom. The van der Waals surface area contributed by atoms with E-state index in [1.807, 2.05) is 20.8 Å². The summed E-state index contributed by atoms with van der Waals surface area (Å²) in [5.74, 6) is 0.123. The summed E-state index contributed by atoms with van der Waals surface area (Å²) in [4.78, 5) is 11.4. The number of carbonyl (C=O) groups is 1. The lowest BCUT2D eigenvalue weighted by Crippen LogP contribution is -2.21. The van der Waals surface area contributed by atoms with Crippen LogP contribution in [0, 0.1) is 0 Å². The van der Waals surface area contributed by atoms with Gasteiger partial charge < -0.3 is 10.5 Å². The summed E-state index contributed by atoms with van der Waals surface area (Å²) >= 11 is 0. The quantitative estimate of drug-likeness (QED) is 0.774. The van der Waals surface area contributed by atoms with Gasteiger partial charge in [-0.25, -0.2) is 9.48 Å². The fourth-order valence-electron chi connectivity index (χ4n) is 1.36. The van der Waals surface area contributed by atoms with Gasteiger partial charge in [-0.1, -0.05) is 20.8 Å². The molecule has 0 amide bonds. The van der Waals surface area contributed by atoms with Gasteiger partial charge >= 0.3 is 5.97 Å². The van der Waals surface area contributed by atoms with Crippen molar-refractivity contribution in [3.8, 4) is 0 Å². The maximum absolute atomic E-state index is 11.4. The second-order valence-electron chi connectivity index (χ2n) is 4.85. The topological polar surface area (TPSA) is 70.1 Å². The number of aromatic nitrogens is 2. The van der Waals surface area contributed by atoms with Gasteiger partial charge in [0.1, 0.15) is 11.9 Å². The molecule has 0 aliphatic rings. The predicted molar refractivity (Wildman–Crippen MR) is 62.1 cm³/mol. The summed E-state index contributed by atoms with van der Waals surface area (Å²) in [7, 11) is 1.35. The number of nitrogens with two attached hydrogens (primary N) is 1. The molecule has 0 bridgehead atoms. The van der Waals surface area contributed by atoms with E-state index >= 15 is 0 Å². The minimum Gasteiger partial charge on any atom is -0.467 e. The van der Waals surface area contributed by atoms with Gasteiger partial charge in [0.2, 0.25) is 0 Å². The fourth-order valence-corrected chi connectivity index (χ4v) is 1.36. The van der Waals surface area contributed by atoms with Gasteiger partial charge in [0, 0.05) is 11.5 Å². The molecule has 0 saturated heterocycles. The molecule has 0 fully saturated rings. The summed E-state index contributed by atoms with van der Waals surface area (Å²) in [6.45, 7) is 7.84. The second-order valence-corrected chi connectivity index (χ2v) is 4.85. The van der Waals surface area contributed by atoms with Crippen molar-refractivity contribution in [3.63, 3.8) is 0 Å². The molecule has 0 aliphatic heterocycles. The molecule has 0 aliphatic carbocycles. The van der Waals surface area contributed by atoms with Crippen LogP contribution in [0.25, 0.3) is 0 Å². The number of ether oxygens (including phenoxy) is 1. The van der Waals surface area contributed by atoms with Gasteiger partial charge in [0.25, 0.3) is 0 Å². The molecule has 1 atom stereocenters. The summed E-state index contributed by atoms with van der Waals surface area (Å²) in [5, 5.41) is 4.34. The number of esters is 1. The SMILES string of the molecule is COC(=O)[C@H](C)n1nc(C(C)(C)C)cc1N. The number of rotatable bonds is 2. The third kappa shape index (κ3) is 2.35. The van der Waals surface area contributed by atoms with E-state index in [-0.39, 0.29) is 11.4 Å². The van der Waals surface area contributed by atoms with Crippen molar-refractivity contribution < 1.29 is 9.53 Å². The number of anilines is 1. The van der Waals surface area contributed by atoms with E-state index in [4.69, 9.17) is 5.73 Å². The predicted octanol–water partition coefficient (Wildman–Crippen LogP) is 1.50. The number of methoxy groups -OCH3 is 1. The van der Waals surface area contributed by atoms with E-state index < -0.39 is 6.04 Å². The Hall–Kier alpha value is -1.52. The van der Waals surface area contributed by atoms with Crippen molar-refractivity contribution in [3.05, 3.63) is 11.8 Å². The molecule has 16 heavy (non-hydrogen) atoms. The Morgan fingerprint density at radius 2 is 2.12 bits per heavy atom. The Bertz CT molecular complexity index is 390. The van der Waals surface area contributed by atoms with Crippen LogP contribution in [0.3, 0.4) is 0 Å². The number of hydrogen-bond acceptors (Lipinski definition) is 4. The molecule has 1 aromatic rings. The van der Waals surface area contributed by atoms with E-state index in [1.165, 1.54) is 11.8 Å². The monoisotopic (exact) mass is 225 g/mol. The highest BCUT2D eigenvalue weighted by Crippen LogP contribution is 2.24. The zero-order valence-electron chi connectivity index (χ0n) is 10.4. The molecule has 0 aromatic carbocycles. The van der Waals surface area contributed by atoms with Gasteiger partial charge in [-0.05, 0) is 6.92 Å². The molecule has 5 nitrogen and oxygen atoms in total. The number of hydrogen-bond donors (Lipinski definition) is 1. The smallest absolute Gasteiger partial charge is 0.330 e. The Labute approximate surface area is 95.6 Å². The van der Waals surface area contributed by atoms with E-state index in [0.29, 0.717) is 5.82 Å². The van der Waals surface area contributed by atoms with Crippen LogP contribution in [0.1, 0.15) is 39.4 Å². The summed E-state index contributed by atoms with van der Waals surface area (Å²) in [6, 6.07) is 1.29. The Balaban J connectivity index is 3.07. The molecule has 5 heteroatoms. The molecule has 90 valence electrons. The normalized spacial score (nSPS) is 13.6. The first-order chi connectivity index (χ1) is 7.27. The van der Waals surface area contributed by atoms with Crippen LogP contribution < -0.4 is 5.73 Å². The minimum atomic E-state index is -0.499. The van der Waals surface area contributed by atoms with Crippen LogP contribution in [0.5, 0.6) is 0 Å². The molecule has 0 saturated carbocycles. The number of nitrogen functional groups attached to an aromatic ring is 1. The summed E-state index contributed by atoms with van der Waals surface area (Å²) < 4.78 is 6.15. The van der Waals surface area contributed by atoms with Crippen molar-refractivity contribution in [1.29, 1.82) is 0 Å². The van der Waals surface area contributed by atoms with Crippen LogP contribution in [-0.2, 0) is 14.9 Å². The zero-order chi connectivity index (χ0) is 12.5. The average molecular weight is 225 g/mol. The second kappa shape index (κ2) is 4.15. The van der Waals surface area contributed by atoms with E-state index in [1.54, 1.807) is 13.0 Å². The highest BCUT2D eigenvalue weighted by atomic mass is 16.5. The standard InChI is InChI=1S/C11H19N3O2/c1-7(10(15)16-5)14-9(12)6-8(13-14)11(2,3)4/h6-7H,12H2,1-5H3/t7-/m0/s1. The third-order valence-electron chi connectivity index (χ3n) is 2.44. The molecule has 1 rings (SSSR count). The molecular weight excluding hydrogens is 206 g/mol. The van der Waals surface area contributed by atoms with Gasteiger partial charge in [0.05, 0.1) is 12.8 Å². The first-order valence-electron chi connectivity index (χ1n) is 5.20. The highest BCUT2D eigenvalue weighted by molar-refractivity contribution is 5.74. The maximum atomic E-state index is 11.4. The number of nitrogens with zero attached hydrogens (tertiary/aromatic N) is 2. The van der Waals surface area contributed by atoms with Crippen molar-refractivity contribution in [2.75, 3.05) is 12.8 Å². The van der Waals surface area contributed by atoms with Crippen LogP contribution in [0.15, 0.2) is 6.07 Å². The lowest BCUT2D eigenvalue weighted by atomic mass is 9.92. The van der Waals surface area contributed by atoms with E-state index in [0.717, 1.165) is 5.69 Å². The van der Waals surface area contributed by atoms with Gasteiger partial charge in [0.15, 0.2) is 0 Å². The summed E-state index contributed by atoms with van der Waals surface area (Å²) in [5.41, 5.74) is 6.60.